The largest absolute Gasteiger partial charge is 0.234 e. The number of fused-ring (bicyclic) bond motifs is 1. The fourth-order valence-electron chi connectivity index (χ4n) is 1.47. The SMILES string of the molecule is Clc1cc(-c2nn3cnnc3s2)ccc1CBr. The molecule has 2 heterocycles. The van der Waals surface area contributed by atoms with E-state index in [9.17, 15) is 0 Å². The first kappa shape index (κ1) is 11.1. The maximum Gasteiger partial charge on any atom is 0.234 e. The summed E-state index contributed by atoms with van der Waals surface area (Å²) in [5, 5.41) is 14.5. The predicted molar refractivity (Wildman–Crippen MR) is 71.7 cm³/mol. The minimum Gasteiger partial charge on any atom is -0.190 e. The molecule has 0 atom stereocenters. The van der Waals surface area contributed by atoms with Crippen molar-refractivity contribution >= 4 is 43.8 Å². The third kappa shape index (κ3) is 1.96. The van der Waals surface area contributed by atoms with Gasteiger partial charge < -0.3 is 0 Å². The molecule has 0 unspecified atom stereocenters. The zero-order valence-electron chi connectivity index (χ0n) is 8.47. The van der Waals surface area contributed by atoms with E-state index in [1.165, 1.54) is 11.3 Å². The Labute approximate surface area is 114 Å². The zero-order chi connectivity index (χ0) is 11.8. The van der Waals surface area contributed by atoms with Crippen molar-refractivity contribution < 1.29 is 0 Å². The van der Waals surface area contributed by atoms with Crippen molar-refractivity contribution in [3.05, 3.63) is 35.1 Å². The molecule has 0 fully saturated rings. The second-order valence-electron chi connectivity index (χ2n) is 3.41. The van der Waals surface area contributed by atoms with E-state index in [0.717, 1.165) is 31.4 Å². The van der Waals surface area contributed by atoms with Crippen molar-refractivity contribution in [1.29, 1.82) is 0 Å². The molecule has 1 aromatic carbocycles. The van der Waals surface area contributed by atoms with E-state index in [1.54, 1.807) is 10.8 Å². The lowest BCUT2D eigenvalue weighted by atomic mass is 10.2. The summed E-state index contributed by atoms with van der Waals surface area (Å²) in [5.74, 6) is 0. The minimum atomic E-state index is 0.741. The molecule has 17 heavy (non-hydrogen) atoms. The van der Waals surface area contributed by atoms with Crippen LogP contribution in [-0.4, -0.2) is 19.8 Å². The first-order chi connectivity index (χ1) is 8.28. The van der Waals surface area contributed by atoms with Crippen LogP contribution in [0.25, 0.3) is 15.5 Å². The van der Waals surface area contributed by atoms with Crippen LogP contribution in [0.4, 0.5) is 0 Å². The second-order valence-corrected chi connectivity index (χ2v) is 5.33. The lowest BCUT2D eigenvalue weighted by molar-refractivity contribution is 0.960. The van der Waals surface area contributed by atoms with Crippen LogP contribution < -0.4 is 0 Å². The van der Waals surface area contributed by atoms with Crippen molar-refractivity contribution in [2.45, 2.75) is 5.33 Å². The number of aromatic nitrogens is 4. The number of halogens is 2. The normalized spacial score (nSPS) is 11.2. The van der Waals surface area contributed by atoms with Crippen LogP contribution in [0.1, 0.15) is 5.56 Å². The first-order valence-corrected chi connectivity index (χ1v) is 7.11. The highest BCUT2D eigenvalue weighted by Crippen LogP contribution is 2.29. The van der Waals surface area contributed by atoms with Crippen LogP contribution in [0.2, 0.25) is 5.02 Å². The van der Waals surface area contributed by atoms with E-state index in [2.05, 4.69) is 31.2 Å². The summed E-state index contributed by atoms with van der Waals surface area (Å²) in [5.41, 5.74) is 2.06. The standard InChI is InChI=1S/C10H6BrClN4S/c11-4-7-2-1-6(3-8(7)12)9-15-16-5-13-14-10(16)17-9/h1-3,5H,4H2. The van der Waals surface area contributed by atoms with Crippen molar-refractivity contribution in [1.82, 2.24) is 19.8 Å². The second kappa shape index (κ2) is 4.36. The number of rotatable bonds is 2. The Morgan fingerprint density at radius 3 is 3.00 bits per heavy atom. The van der Waals surface area contributed by atoms with Crippen molar-refractivity contribution in [2.75, 3.05) is 0 Å². The van der Waals surface area contributed by atoms with Gasteiger partial charge in [0, 0.05) is 15.9 Å². The molecule has 86 valence electrons. The molecule has 0 amide bonds. The van der Waals surface area contributed by atoms with Gasteiger partial charge in [0.2, 0.25) is 4.96 Å². The molecular formula is C10H6BrClN4S. The maximum absolute atomic E-state index is 6.16. The molecule has 0 N–H and O–H groups in total. The Hall–Kier alpha value is -0.980. The average Bonchev–Trinajstić information content (AvgIpc) is 2.88. The number of hydrogen-bond acceptors (Lipinski definition) is 4. The van der Waals surface area contributed by atoms with Crippen molar-refractivity contribution in [3.8, 4) is 10.6 Å². The Kier molecular flexibility index (Phi) is 2.85. The van der Waals surface area contributed by atoms with E-state index < -0.39 is 0 Å². The van der Waals surface area contributed by atoms with Crippen LogP contribution >= 0.6 is 38.9 Å². The molecule has 0 radical (unpaired) electrons. The molecule has 0 aliphatic carbocycles. The van der Waals surface area contributed by atoms with Gasteiger partial charge in [0.15, 0.2) is 0 Å². The van der Waals surface area contributed by atoms with E-state index in [0.29, 0.717) is 0 Å². The summed E-state index contributed by atoms with van der Waals surface area (Å²) < 4.78 is 1.66. The third-order valence-corrected chi connectivity index (χ3v) is 4.25. The molecule has 0 spiro atoms. The first-order valence-electron chi connectivity index (χ1n) is 4.79. The Balaban J connectivity index is 2.09. The predicted octanol–water partition coefficient (Wildman–Crippen LogP) is 3.40. The quantitative estimate of drug-likeness (QED) is 0.677. The summed E-state index contributed by atoms with van der Waals surface area (Å²) in [7, 11) is 0. The Morgan fingerprint density at radius 2 is 2.29 bits per heavy atom. The number of alkyl halides is 1. The summed E-state index contributed by atoms with van der Waals surface area (Å²) in [4.78, 5) is 0.778. The van der Waals surface area contributed by atoms with Gasteiger partial charge in [-0.25, -0.2) is 0 Å². The van der Waals surface area contributed by atoms with Gasteiger partial charge in [0.05, 0.1) is 0 Å². The van der Waals surface area contributed by atoms with Crippen LogP contribution in [0.5, 0.6) is 0 Å². The smallest absolute Gasteiger partial charge is 0.190 e. The van der Waals surface area contributed by atoms with Crippen LogP contribution in [-0.2, 0) is 5.33 Å². The van der Waals surface area contributed by atoms with E-state index in [4.69, 9.17) is 11.6 Å². The molecule has 3 rings (SSSR count). The van der Waals surface area contributed by atoms with Crippen molar-refractivity contribution in [2.24, 2.45) is 0 Å². The molecule has 7 heteroatoms. The van der Waals surface area contributed by atoms with Crippen LogP contribution in [0.3, 0.4) is 0 Å². The van der Waals surface area contributed by atoms with Gasteiger partial charge in [-0.1, -0.05) is 51.0 Å². The van der Waals surface area contributed by atoms with Gasteiger partial charge in [0.25, 0.3) is 0 Å². The molecule has 0 saturated heterocycles. The Morgan fingerprint density at radius 1 is 1.41 bits per heavy atom. The molecule has 2 aromatic heterocycles. The van der Waals surface area contributed by atoms with Gasteiger partial charge in [0.1, 0.15) is 11.3 Å². The third-order valence-electron chi connectivity index (χ3n) is 2.33. The van der Waals surface area contributed by atoms with Gasteiger partial charge in [-0.15, -0.1) is 10.2 Å². The van der Waals surface area contributed by atoms with Crippen molar-refractivity contribution in [3.63, 3.8) is 0 Å². The molecule has 0 bridgehead atoms. The van der Waals surface area contributed by atoms with E-state index >= 15 is 0 Å². The molecule has 0 aliphatic rings. The molecule has 0 saturated carbocycles. The summed E-state index contributed by atoms with van der Waals surface area (Å²) >= 11 is 11.0. The fourth-order valence-corrected chi connectivity index (χ4v) is 3.18. The highest BCUT2D eigenvalue weighted by Gasteiger charge is 2.09. The molecule has 4 nitrogen and oxygen atoms in total. The van der Waals surface area contributed by atoms with Gasteiger partial charge in [-0.2, -0.15) is 9.61 Å². The van der Waals surface area contributed by atoms with Gasteiger partial charge >= 0.3 is 0 Å². The average molecular weight is 330 g/mol. The topological polar surface area (TPSA) is 43.1 Å². The molecule has 3 aromatic rings. The monoisotopic (exact) mass is 328 g/mol. The van der Waals surface area contributed by atoms with Gasteiger partial charge in [-0.05, 0) is 11.6 Å². The lowest BCUT2D eigenvalue weighted by Crippen LogP contribution is -1.84. The summed E-state index contributed by atoms with van der Waals surface area (Å²) in [6, 6.07) is 5.92. The molecular weight excluding hydrogens is 324 g/mol. The highest BCUT2D eigenvalue weighted by molar-refractivity contribution is 9.08. The number of nitrogens with zero attached hydrogens (tertiary/aromatic N) is 4. The fraction of sp³-hybridized carbons (Fsp3) is 0.100. The van der Waals surface area contributed by atoms with E-state index in [1.807, 2.05) is 18.2 Å². The highest BCUT2D eigenvalue weighted by atomic mass is 79.9. The van der Waals surface area contributed by atoms with Crippen LogP contribution in [0.15, 0.2) is 24.5 Å². The molecule has 0 aliphatic heterocycles. The zero-order valence-corrected chi connectivity index (χ0v) is 11.6. The van der Waals surface area contributed by atoms with Crippen LogP contribution in [0, 0.1) is 0 Å². The lowest BCUT2D eigenvalue weighted by Gasteiger charge is -2.01. The number of benzene rings is 1. The van der Waals surface area contributed by atoms with E-state index in [-0.39, 0.29) is 0 Å². The summed E-state index contributed by atoms with van der Waals surface area (Å²) in [6.45, 7) is 0. The summed E-state index contributed by atoms with van der Waals surface area (Å²) in [6.07, 6.45) is 1.59. The number of hydrogen-bond donors (Lipinski definition) is 0. The minimum absolute atomic E-state index is 0.741. The van der Waals surface area contributed by atoms with Gasteiger partial charge in [-0.3, -0.25) is 0 Å². The Bertz CT molecular complexity index is 649. The maximum atomic E-state index is 6.16.